The van der Waals surface area contributed by atoms with Crippen molar-refractivity contribution >= 4 is 27.3 Å². The van der Waals surface area contributed by atoms with Gasteiger partial charge in [0.2, 0.25) is 11.7 Å². The maximum absolute atomic E-state index is 13.7. The van der Waals surface area contributed by atoms with Gasteiger partial charge in [0.05, 0.1) is 28.5 Å². The summed E-state index contributed by atoms with van der Waals surface area (Å²) in [6.45, 7) is 4.99. The predicted molar refractivity (Wildman–Crippen MR) is 144 cm³/mol. The third-order valence-corrected chi connectivity index (χ3v) is 10.2. The lowest BCUT2D eigenvalue weighted by molar-refractivity contribution is -0.118. The molecule has 1 aromatic carbocycles. The SMILES string of the molecule is CC1(C)OC=C(c2cnc(NC(=O)[C@H](CC3CCOCC3)c3ccc(S(=O)(=O)C4CC4)c(C4CC4)c3)cn2)O1. The van der Waals surface area contributed by atoms with Gasteiger partial charge in [0, 0.05) is 27.1 Å². The Labute approximate surface area is 229 Å². The van der Waals surface area contributed by atoms with Crippen LogP contribution in [-0.4, -0.2) is 48.5 Å². The molecule has 9 nitrogen and oxygen atoms in total. The van der Waals surface area contributed by atoms with Gasteiger partial charge in [-0.15, -0.1) is 0 Å². The van der Waals surface area contributed by atoms with Crippen molar-refractivity contribution in [2.24, 2.45) is 5.92 Å². The number of ether oxygens (including phenoxy) is 3. The van der Waals surface area contributed by atoms with Crippen LogP contribution in [0, 0.1) is 5.92 Å². The molecule has 6 rings (SSSR count). The molecule has 10 heteroatoms. The summed E-state index contributed by atoms with van der Waals surface area (Å²) in [6.07, 6.45) is 10.5. The van der Waals surface area contributed by atoms with Crippen LogP contribution in [0.25, 0.3) is 5.76 Å². The fourth-order valence-electron chi connectivity index (χ4n) is 5.38. The van der Waals surface area contributed by atoms with Gasteiger partial charge in [-0.05, 0) is 74.0 Å². The fourth-order valence-corrected chi connectivity index (χ4v) is 7.31. The number of nitrogens with one attached hydrogen (secondary N) is 1. The molecule has 2 aliphatic heterocycles. The number of carbonyl (C=O) groups is 1. The van der Waals surface area contributed by atoms with Crippen LogP contribution in [0.5, 0.6) is 0 Å². The second-order valence-electron chi connectivity index (χ2n) is 11.5. The van der Waals surface area contributed by atoms with Gasteiger partial charge in [-0.1, -0.05) is 12.1 Å². The Morgan fingerprint density at radius 2 is 1.85 bits per heavy atom. The molecule has 2 saturated carbocycles. The molecular formula is C29H35N3O6S. The van der Waals surface area contributed by atoms with Gasteiger partial charge in [0.25, 0.3) is 0 Å². The summed E-state index contributed by atoms with van der Waals surface area (Å²) in [5, 5.41) is 2.69. The number of hydrogen-bond acceptors (Lipinski definition) is 8. The molecule has 0 bridgehead atoms. The molecule has 3 fully saturated rings. The largest absolute Gasteiger partial charge is 0.457 e. The minimum absolute atomic E-state index is 0.177. The Balaban J connectivity index is 1.25. The number of nitrogens with zero attached hydrogens (tertiary/aromatic N) is 2. The lowest BCUT2D eigenvalue weighted by atomic mass is 9.83. The zero-order valence-electron chi connectivity index (χ0n) is 22.4. The van der Waals surface area contributed by atoms with Gasteiger partial charge < -0.3 is 19.5 Å². The summed E-state index contributed by atoms with van der Waals surface area (Å²) in [7, 11) is -3.32. The van der Waals surface area contributed by atoms with Crippen LogP contribution in [0.15, 0.2) is 41.8 Å². The average Bonchev–Trinajstić information content (AvgIpc) is 3.85. The Bertz CT molecular complexity index is 1370. The van der Waals surface area contributed by atoms with E-state index in [0.29, 0.717) is 47.7 Å². The monoisotopic (exact) mass is 553 g/mol. The van der Waals surface area contributed by atoms with E-state index in [1.807, 2.05) is 12.1 Å². The molecule has 208 valence electrons. The first-order valence-corrected chi connectivity index (χ1v) is 15.4. The van der Waals surface area contributed by atoms with Gasteiger partial charge in [0.15, 0.2) is 21.4 Å². The van der Waals surface area contributed by atoms with E-state index in [-0.39, 0.29) is 17.1 Å². The number of rotatable bonds is 9. The van der Waals surface area contributed by atoms with Crippen molar-refractivity contribution in [2.75, 3.05) is 18.5 Å². The van der Waals surface area contributed by atoms with Crippen LogP contribution >= 0.6 is 0 Å². The molecular weight excluding hydrogens is 518 g/mol. The van der Waals surface area contributed by atoms with E-state index >= 15 is 0 Å². The minimum Gasteiger partial charge on any atom is -0.457 e. The van der Waals surface area contributed by atoms with Crippen LogP contribution < -0.4 is 5.32 Å². The summed E-state index contributed by atoms with van der Waals surface area (Å²) < 4.78 is 43.0. The highest BCUT2D eigenvalue weighted by molar-refractivity contribution is 7.92. The number of hydrogen-bond donors (Lipinski definition) is 1. The molecule has 1 atom stereocenters. The summed E-state index contributed by atoms with van der Waals surface area (Å²) in [4.78, 5) is 23.0. The van der Waals surface area contributed by atoms with Gasteiger partial charge >= 0.3 is 0 Å². The topological polar surface area (TPSA) is 117 Å². The van der Waals surface area contributed by atoms with Crippen molar-refractivity contribution in [1.82, 2.24) is 9.97 Å². The Hall–Kier alpha value is -2.98. The first-order valence-electron chi connectivity index (χ1n) is 13.9. The fraction of sp³-hybridized carbons (Fsp3) is 0.552. The van der Waals surface area contributed by atoms with Gasteiger partial charge in [-0.25, -0.2) is 18.4 Å². The average molecular weight is 554 g/mol. The zero-order valence-corrected chi connectivity index (χ0v) is 23.2. The Kier molecular flexibility index (Phi) is 6.87. The number of carbonyl (C=O) groups excluding carboxylic acids is 1. The van der Waals surface area contributed by atoms with Crippen LogP contribution in [0.1, 0.15) is 87.4 Å². The van der Waals surface area contributed by atoms with E-state index in [4.69, 9.17) is 14.2 Å². The second-order valence-corrected chi connectivity index (χ2v) is 13.7. The molecule has 1 amide bonds. The van der Waals surface area contributed by atoms with Crippen LogP contribution in [0.2, 0.25) is 0 Å². The van der Waals surface area contributed by atoms with Gasteiger partial charge in [0.1, 0.15) is 12.0 Å². The van der Waals surface area contributed by atoms with Crippen molar-refractivity contribution in [3.63, 3.8) is 0 Å². The lowest BCUT2D eigenvalue weighted by Gasteiger charge is -2.27. The van der Waals surface area contributed by atoms with Crippen molar-refractivity contribution in [1.29, 1.82) is 0 Å². The quantitative estimate of drug-likeness (QED) is 0.466. The van der Waals surface area contributed by atoms with E-state index in [1.165, 1.54) is 12.5 Å². The van der Waals surface area contributed by atoms with Crippen molar-refractivity contribution in [3.05, 3.63) is 53.7 Å². The maximum atomic E-state index is 13.7. The van der Waals surface area contributed by atoms with Gasteiger partial charge in [-0.2, -0.15) is 0 Å². The second kappa shape index (κ2) is 10.2. The number of aromatic nitrogens is 2. The van der Waals surface area contributed by atoms with Crippen LogP contribution in [0.3, 0.4) is 0 Å². The summed E-state index contributed by atoms with van der Waals surface area (Å²) in [5.74, 6) is 0.0423. The van der Waals surface area contributed by atoms with Crippen LogP contribution in [0.4, 0.5) is 5.82 Å². The van der Waals surface area contributed by atoms with Crippen molar-refractivity contribution in [2.45, 2.75) is 86.6 Å². The summed E-state index contributed by atoms with van der Waals surface area (Å²) in [6, 6.07) is 5.57. The molecule has 1 aromatic heterocycles. The summed E-state index contributed by atoms with van der Waals surface area (Å²) >= 11 is 0. The third-order valence-electron chi connectivity index (χ3n) is 7.91. The lowest BCUT2D eigenvalue weighted by Crippen LogP contribution is -2.26. The zero-order chi connectivity index (χ0) is 27.2. The normalized spacial score (nSPS) is 21.9. The highest BCUT2D eigenvalue weighted by atomic mass is 32.2. The predicted octanol–water partition coefficient (Wildman–Crippen LogP) is 4.91. The van der Waals surface area contributed by atoms with Crippen LogP contribution in [-0.2, 0) is 28.8 Å². The Morgan fingerprint density at radius 3 is 2.46 bits per heavy atom. The molecule has 2 aliphatic carbocycles. The number of amides is 1. The molecule has 1 N–H and O–H groups in total. The molecule has 0 unspecified atom stereocenters. The van der Waals surface area contributed by atoms with E-state index < -0.39 is 21.5 Å². The first kappa shape index (κ1) is 26.3. The standard InChI is InChI=1S/C29H35N3O6S/c1-29(2)37-17-25(38-29)24-15-31-27(16-30-24)32-28(33)23(13-18-9-11-36-12-10-18)20-5-8-26(22(14-20)19-3-4-19)39(34,35)21-6-7-21/h5,8,14-19,21,23H,3-4,6-7,9-13H2,1-2H3,(H,31,32,33)/t23-/m1/s1. The van der Waals surface area contributed by atoms with E-state index in [0.717, 1.165) is 49.7 Å². The number of sulfone groups is 1. The highest BCUT2D eigenvalue weighted by Gasteiger charge is 2.41. The van der Waals surface area contributed by atoms with Crippen molar-refractivity contribution < 1.29 is 27.4 Å². The minimum atomic E-state index is -3.32. The molecule has 39 heavy (non-hydrogen) atoms. The molecule has 2 aromatic rings. The summed E-state index contributed by atoms with van der Waals surface area (Å²) in [5.41, 5.74) is 2.24. The van der Waals surface area contributed by atoms with E-state index in [1.54, 1.807) is 26.1 Å². The highest BCUT2D eigenvalue weighted by Crippen LogP contribution is 2.46. The Morgan fingerprint density at radius 1 is 1.08 bits per heavy atom. The molecule has 0 spiro atoms. The van der Waals surface area contributed by atoms with Gasteiger partial charge in [-0.3, -0.25) is 4.79 Å². The number of benzene rings is 1. The molecule has 0 radical (unpaired) electrons. The molecule has 3 heterocycles. The first-order chi connectivity index (χ1) is 18.7. The van der Waals surface area contributed by atoms with Crippen molar-refractivity contribution in [3.8, 4) is 0 Å². The van der Waals surface area contributed by atoms with E-state index in [2.05, 4.69) is 15.3 Å². The third kappa shape index (κ3) is 5.82. The number of anilines is 1. The molecule has 1 saturated heterocycles. The maximum Gasteiger partial charge on any atom is 0.245 e. The smallest absolute Gasteiger partial charge is 0.245 e. The molecule has 4 aliphatic rings. The van der Waals surface area contributed by atoms with E-state index in [9.17, 15) is 13.2 Å².